The molecule has 0 amide bonds. The van der Waals surface area contributed by atoms with E-state index in [-0.39, 0.29) is 0 Å². The van der Waals surface area contributed by atoms with Gasteiger partial charge in [0.05, 0.1) is 5.52 Å². The first-order valence-electron chi connectivity index (χ1n) is 7.50. The molecule has 2 aromatic carbocycles. The van der Waals surface area contributed by atoms with Gasteiger partial charge in [0.25, 0.3) is 0 Å². The standard InChI is InChI=1S/C17H16N2S.C2H6/c1-11-8-9-14-13(10-11)16(20-2)15(17(18)19-14)12-6-4-3-5-7-12;1-2/h3-10H,1-2H3,(H2,18,19);1-2H3. The van der Waals surface area contributed by atoms with Gasteiger partial charge in [0.2, 0.25) is 0 Å². The molecule has 0 unspecified atom stereocenters. The van der Waals surface area contributed by atoms with Gasteiger partial charge in [0.1, 0.15) is 5.82 Å². The Hall–Kier alpha value is -2.00. The van der Waals surface area contributed by atoms with E-state index in [1.807, 2.05) is 38.1 Å². The number of hydrogen-bond acceptors (Lipinski definition) is 3. The molecule has 0 aliphatic heterocycles. The summed E-state index contributed by atoms with van der Waals surface area (Å²) in [4.78, 5) is 5.76. The highest BCUT2D eigenvalue weighted by Gasteiger charge is 2.14. The van der Waals surface area contributed by atoms with Crippen LogP contribution in [0.5, 0.6) is 0 Å². The van der Waals surface area contributed by atoms with E-state index < -0.39 is 0 Å². The molecule has 1 aromatic heterocycles. The van der Waals surface area contributed by atoms with Gasteiger partial charge in [-0.25, -0.2) is 4.98 Å². The van der Waals surface area contributed by atoms with Crippen LogP contribution in [0.15, 0.2) is 53.4 Å². The summed E-state index contributed by atoms with van der Waals surface area (Å²) in [7, 11) is 0. The fraction of sp³-hybridized carbons (Fsp3) is 0.211. The van der Waals surface area contributed by atoms with Crippen molar-refractivity contribution >= 4 is 28.5 Å². The van der Waals surface area contributed by atoms with Crippen LogP contribution in [0, 0.1) is 6.92 Å². The van der Waals surface area contributed by atoms with Crippen molar-refractivity contribution < 1.29 is 0 Å². The van der Waals surface area contributed by atoms with Crippen LogP contribution in [0.1, 0.15) is 19.4 Å². The minimum Gasteiger partial charge on any atom is -0.383 e. The predicted octanol–water partition coefficient (Wildman–Crippen LogP) is 5.54. The molecular weight excluding hydrogens is 288 g/mol. The number of nitrogen functional groups attached to an aromatic ring is 1. The van der Waals surface area contributed by atoms with Gasteiger partial charge in [0.15, 0.2) is 0 Å². The fourth-order valence-electron chi connectivity index (χ4n) is 2.46. The summed E-state index contributed by atoms with van der Waals surface area (Å²) in [6.45, 7) is 6.10. The van der Waals surface area contributed by atoms with Gasteiger partial charge in [0, 0.05) is 15.8 Å². The lowest BCUT2D eigenvalue weighted by Crippen LogP contribution is -1.98. The Balaban J connectivity index is 0.000000847. The van der Waals surface area contributed by atoms with Gasteiger partial charge in [-0.1, -0.05) is 55.8 Å². The molecule has 0 aliphatic rings. The van der Waals surface area contributed by atoms with Crippen LogP contribution >= 0.6 is 11.8 Å². The molecule has 3 heteroatoms. The zero-order valence-electron chi connectivity index (χ0n) is 13.6. The molecular formula is C19H22N2S. The fourth-order valence-corrected chi connectivity index (χ4v) is 3.27. The van der Waals surface area contributed by atoms with E-state index in [0.29, 0.717) is 5.82 Å². The van der Waals surface area contributed by atoms with Gasteiger partial charge in [-0.15, -0.1) is 11.8 Å². The van der Waals surface area contributed by atoms with Crippen LogP contribution in [-0.2, 0) is 0 Å². The third-order valence-corrected chi connectivity index (χ3v) is 4.22. The maximum atomic E-state index is 6.21. The molecule has 114 valence electrons. The average molecular weight is 310 g/mol. The quantitative estimate of drug-likeness (QED) is 0.631. The van der Waals surface area contributed by atoms with E-state index in [0.717, 1.165) is 16.6 Å². The number of thioether (sulfide) groups is 1. The van der Waals surface area contributed by atoms with Crippen LogP contribution in [0.4, 0.5) is 5.82 Å². The van der Waals surface area contributed by atoms with Crippen LogP contribution in [0.3, 0.4) is 0 Å². The lowest BCUT2D eigenvalue weighted by atomic mass is 10.0. The molecule has 0 atom stereocenters. The van der Waals surface area contributed by atoms with Crippen LogP contribution in [-0.4, -0.2) is 11.2 Å². The molecule has 22 heavy (non-hydrogen) atoms. The molecule has 0 aliphatic carbocycles. The summed E-state index contributed by atoms with van der Waals surface area (Å²) >= 11 is 1.72. The SMILES string of the molecule is CC.CSc1c(-c2ccccc2)c(N)nc2ccc(C)cc12. The predicted molar refractivity (Wildman–Crippen MR) is 99.5 cm³/mol. The van der Waals surface area contributed by atoms with Crippen LogP contribution in [0.2, 0.25) is 0 Å². The first-order valence-corrected chi connectivity index (χ1v) is 8.72. The second kappa shape index (κ2) is 7.32. The number of hydrogen-bond donors (Lipinski definition) is 1. The Bertz CT molecular complexity index is 767. The van der Waals surface area contributed by atoms with E-state index in [2.05, 4.69) is 42.4 Å². The Morgan fingerprint density at radius 2 is 1.68 bits per heavy atom. The van der Waals surface area contributed by atoms with Gasteiger partial charge < -0.3 is 5.73 Å². The normalized spacial score (nSPS) is 10.2. The van der Waals surface area contributed by atoms with E-state index >= 15 is 0 Å². The summed E-state index contributed by atoms with van der Waals surface area (Å²) < 4.78 is 0. The molecule has 0 saturated heterocycles. The molecule has 0 saturated carbocycles. The zero-order chi connectivity index (χ0) is 16.1. The Kier molecular flexibility index (Phi) is 5.45. The van der Waals surface area contributed by atoms with Crippen molar-refractivity contribution in [2.45, 2.75) is 25.7 Å². The van der Waals surface area contributed by atoms with Crippen molar-refractivity contribution in [1.82, 2.24) is 4.98 Å². The summed E-state index contributed by atoms with van der Waals surface area (Å²) in [5.74, 6) is 0.594. The molecule has 0 fully saturated rings. The minimum atomic E-state index is 0.594. The number of pyridine rings is 1. The third kappa shape index (κ3) is 3.09. The molecule has 3 aromatic rings. The van der Waals surface area contributed by atoms with Gasteiger partial charge >= 0.3 is 0 Å². The second-order valence-corrected chi connectivity index (χ2v) is 5.61. The van der Waals surface area contributed by atoms with E-state index in [1.165, 1.54) is 15.8 Å². The molecule has 0 radical (unpaired) electrons. The summed E-state index contributed by atoms with van der Waals surface area (Å²) in [6, 6.07) is 16.5. The first kappa shape index (κ1) is 16.4. The molecule has 3 rings (SSSR count). The van der Waals surface area contributed by atoms with Gasteiger partial charge in [-0.05, 0) is 30.9 Å². The number of nitrogens with zero attached hydrogens (tertiary/aromatic N) is 1. The lowest BCUT2D eigenvalue weighted by molar-refractivity contribution is 1.34. The van der Waals surface area contributed by atoms with E-state index in [4.69, 9.17) is 5.73 Å². The highest BCUT2D eigenvalue weighted by Crippen LogP contribution is 2.39. The first-order chi connectivity index (χ1) is 10.7. The molecule has 0 bridgehead atoms. The summed E-state index contributed by atoms with van der Waals surface area (Å²) in [5, 5.41) is 1.17. The smallest absolute Gasteiger partial charge is 0.133 e. The number of aromatic nitrogens is 1. The third-order valence-electron chi connectivity index (χ3n) is 3.39. The van der Waals surface area contributed by atoms with Crippen molar-refractivity contribution in [2.75, 3.05) is 12.0 Å². The Morgan fingerprint density at radius 3 is 2.32 bits per heavy atom. The number of anilines is 1. The van der Waals surface area contributed by atoms with Crippen molar-refractivity contribution in [3.8, 4) is 11.1 Å². The number of fused-ring (bicyclic) bond motifs is 1. The van der Waals surface area contributed by atoms with Crippen LogP contribution in [0.25, 0.3) is 22.0 Å². The second-order valence-electron chi connectivity index (χ2n) is 4.79. The number of nitrogens with two attached hydrogens (primary N) is 1. The van der Waals surface area contributed by atoms with Crippen LogP contribution < -0.4 is 5.73 Å². The molecule has 2 nitrogen and oxygen atoms in total. The van der Waals surface area contributed by atoms with E-state index in [9.17, 15) is 0 Å². The highest BCUT2D eigenvalue weighted by molar-refractivity contribution is 7.99. The monoisotopic (exact) mass is 310 g/mol. The topological polar surface area (TPSA) is 38.9 Å². The summed E-state index contributed by atoms with van der Waals surface area (Å²) in [5.41, 5.74) is 10.6. The maximum absolute atomic E-state index is 6.21. The van der Waals surface area contributed by atoms with Gasteiger partial charge in [-0.2, -0.15) is 0 Å². The Morgan fingerprint density at radius 1 is 1.00 bits per heavy atom. The van der Waals surface area contributed by atoms with E-state index in [1.54, 1.807) is 11.8 Å². The maximum Gasteiger partial charge on any atom is 0.133 e. The lowest BCUT2D eigenvalue weighted by Gasteiger charge is -2.14. The largest absolute Gasteiger partial charge is 0.383 e. The van der Waals surface area contributed by atoms with Gasteiger partial charge in [-0.3, -0.25) is 0 Å². The number of aryl methyl sites for hydroxylation is 1. The minimum absolute atomic E-state index is 0.594. The van der Waals surface area contributed by atoms with Crippen molar-refractivity contribution in [1.29, 1.82) is 0 Å². The number of benzene rings is 2. The van der Waals surface area contributed by atoms with Crippen molar-refractivity contribution in [2.24, 2.45) is 0 Å². The van der Waals surface area contributed by atoms with Crippen molar-refractivity contribution in [3.63, 3.8) is 0 Å². The summed E-state index contributed by atoms with van der Waals surface area (Å²) in [6.07, 6.45) is 2.09. The highest BCUT2D eigenvalue weighted by atomic mass is 32.2. The zero-order valence-corrected chi connectivity index (χ0v) is 14.4. The average Bonchev–Trinajstić information content (AvgIpc) is 2.56. The molecule has 0 spiro atoms. The molecule has 1 heterocycles. The van der Waals surface area contributed by atoms with Crippen molar-refractivity contribution in [3.05, 3.63) is 54.1 Å². The molecule has 2 N–H and O–H groups in total. The Labute approximate surface area is 136 Å². The number of rotatable bonds is 2.